The maximum atomic E-state index is 11.2. The van der Waals surface area contributed by atoms with Gasteiger partial charge in [0.15, 0.2) is 5.75 Å². The minimum absolute atomic E-state index is 0.0609. The molecule has 1 heterocycles. The second-order valence-corrected chi connectivity index (χ2v) is 5.26. The van der Waals surface area contributed by atoms with E-state index < -0.39 is 0 Å². The van der Waals surface area contributed by atoms with Crippen molar-refractivity contribution in [2.24, 2.45) is 0 Å². The maximum absolute atomic E-state index is 11.2. The summed E-state index contributed by atoms with van der Waals surface area (Å²) in [5.41, 5.74) is 3.19. The monoisotopic (exact) mass is 275 g/mol. The molecule has 1 saturated carbocycles. The summed E-state index contributed by atoms with van der Waals surface area (Å²) in [6.07, 6.45) is 4.99. The van der Waals surface area contributed by atoms with Crippen LogP contribution < -0.4 is 4.74 Å². The summed E-state index contributed by atoms with van der Waals surface area (Å²) < 4.78 is 11.0. The van der Waals surface area contributed by atoms with Crippen LogP contribution in [0.2, 0.25) is 0 Å². The normalized spacial score (nSPS) is 18.6. The van der Waals surface area contributed by atoms with Crippen molar-refractivity contribution in [1.29, 1.82) is 0 Å². The summed E-state index contributed by atoms with van der Waals surface area (Å²) in [7, 11) is 0. The first-order valence-corrected chi connectivity index (χ1v) is 6.88. The number of benzene rings is 1. The Morgan fingerprint density at radius 2 is 2.20 bits per heavy atom. The number of nitrogens with zero attached hydrogens (tertiary/aromatic N) is 1. The van der Waals surface area contributed by atoms with Gasteiger partial charge in [-0.2, -0.15) is 0 Å². The van der Waals surface area contributed by atoms with Crippen molar-refractivity contribution in [3.63, 3.8) is 0 Å². The van der Waals surface area contributed by atoms with Gasteiger partial charge in [-0.3, -0.25) is 10.1 Å². The van der Waals surface area contributed by atoms with Crippen LogP contribution in [0.3, 0.4) is 0 Å². The number of rotatable bonds is 4. The fourth-order valence-corrected chi connectivity index (χ4v) is 2.39. The van der Waals surface area contributed by atoms with E-state index in [1.165, 1.54) is 5.57 Å². The van der Waals surface area contributed by atoms with Gasteiger partial charge >= 0.3 is 5.69 Å². The predicted molar refractivity (Wildman–Crippen MR) is 74.9 cm³/mol. The Labute approximate surface area is 117 Å². The molecule has 5 nitrogen and oxygen atoms in total. The average Bonchev–Trinajstić information content (AvgIpc) is 3.25. The molecule has 0 aromatic heterocycles. The molecule has 0 saturated heterocycles. The first-order valence-electron chi connectivity index (χ1n) is 6.88. The Morgan fingerprint density at radius 3 is 2.80 bits per heavy atom. The molecule has 5 heteroatoms. The number of hydrogen-bond acceptors (Lipinski definition) is 4. The Bertz CT molecular complexity index is 575. The SMILES string of the molecule is Cc1cc([N+](=O)[O-])c(OC2CC2)cc1C1=CCOCC1. The molecule has 2 aliphatic rings. The molecule has 20 heavy (non-hydrogen) atoms. The number of hydrogen-bond donors (Lipinski definition) is 0. The molecule has 3 rings (SSSR count). The van der Waals surface area contributed by atoms with E-state index in [9.17, 15) is 10.1 Å². The van der Waals surface area contributed by atoms with Gasteiger partial charge in [0.2, 0.25) is 0 Å². The lowest BCUT2D eigenvalue weighted by Crippen LogP contribution is -2.06. The average molecular weight is 275 g/mol. The van der Waals surface area contributed by atoms with Gasteiger partial charge in [-0.05, 0) is 49.0 Å². The molecule has 1 aliphatic carbocycles. The Hall–Kier alpha value is -1.88. The summed E-state index contributed by atoms with van der Waals surface area (Å²) in [5.74, 6) is 0.394. The lowest BCUT2D eigenvalue weighted by Gasteiger charge is -2.17. The number of nitro benzene ring substituents is 1. The molecule has 0 unspecified atom stereocenters. The fourth-order valence-electron chi connectivity index (χ4n) is 2.39. The van der Waals surface area contributed by atoms with Crippen LogP contribution in [-0.2, 0) is 4.74 Å². The predicted octanol–water partition coefficient (Wildman–Crippen LogP) is 3.25. The van der Waals surface area contributed by atoms with E-state index in [4.69, 9.17) is 9.47 Å². The summed E-state index contributed by atoms with van der Waals surface area (Å²) >= 11 is 0. The largest absolute Gasteiger partial charge is 0.483 e. The molecule has 0 amide bonds. The highest BCUT2D eigenvalue weighted by Crippen LogP contribution is 2.38. The van der Waals surface area contributed by atoms with Crippen LogP contribution >= 0.6 is 0 Å². The van der Waals surface area contributed by atoms with E-state index >= 15 is 0 Å². The van der Waals surface area contributed by atoms with Crippen LogP contribution in [-0.4, -0.2) is 24.2 Å². The van der Waals surface area contributed by atoms with Gasteiger partial charge in [0, 0.05) is 6.07 Å². The third-order valence-electron chi connectivity index (χ3n) is 3.63. The minimum atomic E-state index is -0.368. The summed E-state index contributed by atoms with van der Waals surface area (Å²) in [5, 5.41) is 11.2. The zero-order valence-corrected chi connectivity index (χ0v) is 11.4. The lowest BCUT2D eigenvalue weighted by molar-refractivity contribution is -0.386. The Balaban J connectivity index is 2.01. The van der Waals surface area contributed by atoms with E-state index in [1.807, 2.05) is 19.1 Å². The molecule has 0 N–H and O–H groups in total. The van der Waals surface area contributed by atoms with Crippen molar-refractivity contribution in [3.8, 4) is 5.75 Å². The molecular formula is C15H17NO4. The van der Waals surface area contributed by atoms with Crippen LogP contribution in [0.4, 0.5) is 5.69 Å². The van der Waals surface area contributed by atoms with Crippen molar-refractivity contribution in [3.05, 3.63) is 39.4 Å². The van der Waals surface area contributed by atoms with Crippen molar-refractivity contribution in [2.45, 2.75) is 32.3 Å². The molecule has 1 aromatic carbocycles. The van der Waals surface area contributed by atoms with Gasteiger partial charge in [-0.1, -0.05) is 6.08 Å². The van der Waals surface area contributed by atoms with Gasteiger partial charge in [0.25, 0.3) is 0 Å². The lowest BCUT2D eigenvalue weighted by atomic mass is 9.96. The number of aryl methyl sites for hydroxylation is 1. The highest BCUT2D eigenvalue weighted by Gasteiger charge is 2.28. The van der Waals surface area contributed by atoms with Crippen LogP contribution in [0.15, 0.2) is 18.2 Å². The molecule has 0 atom stereocenters. The molecule has 1 fully saturated rings. The first-order chi connectivity index (χ1) is 9.65. The molecule has 1 aliphatic heterocycles. The quantitative estimate of drug-likeness (QED) is 0.625. The van der Waals surface area contributed by atoms with Crippen molar-refractivity contribution in [1.82, 2.24) is 0 Å². The second kappa shape index (κ2) is 5.25. The molecule has 1 aromatic rings. The first kappa shape index (κ1) is 13.1. The topological polar surface area (TPSA) is 61.6 Å². The number of ether oxygens (including phenoxy) is 2. The van der Waals surface area contributed by atoms with E-state index in [0.29, 0.717) is 19.0 Å². The van der Waals surface area contributed by atoms with Crippen LogP contribution in [0.1, 0.15) is 30.4 Å². The highest BCUT2D eigenvalue weighted by atomic mass is 16.6. The van der Waals surface area contributed by atoms with Crippen LogP contribution in [0.25, 0.3) is 5.57 Å². The molecule has 106 valence electrons. The van der Waals surface area contributed by atoms with Crippen molar-refractivity contribution < 1.29 is 14.4 Å². The highest BCUT2D eigenvalue weighted by molar-refractivity contribution is 5.72. The maximum Gasteiger partial charge on any atom is 0.311 e. The third kappa shape index (κ3) is 2.67. The van der Waals surface area contributed by atoms with Crippen molar-refractivity contribution >= 4 is 11.3 Å². The summed E-state index contributed by atoms with van der Waals surface area (Å²) in [6, 6.07) is 3.44. The molecule has 0 bridgehead atoms. The standard InChI is InChI=1S/C15H17NO4/c1-10-8-14(16(17)18)15(20-12-2-3-12)9-13(10)11-4-6-19-7-5-11/h4,8-9,12H,2-3,5-7H2,1H3. The van der Waals surface area contributed by atoms with E-state index in [0.717, 1.165) is 30.4 Å². The third-order valence-corrected chi connectivity index (χ3v) is 3.63. The number of nitro groups is 1. The molecular weight excluding hydrogens is 258 g/mol. The van der Waals surface area contributed by atoms with Gasteiger partial charge in [0.05, 0.1) is 24.2 Å². The van der Waals surface area contributed by atoms with Crippen molar-refractivity contribution in [2.75, 3.05) is 13.2 Å². The smallest absolute Gasteiger partial charge is 0.311 e. The van der Waals surface area contributed by atoms with Gasteiger partial charge in [0.1, 0.15) is 0 Å². The molecule has 0 radical (unpaired) electrons. The van der Waals surface area contributed by atoms with Crippen LogP contribution in [0, 0.1) is 17.0 Å². The summed E-state index contributed by atoms with van der Waals surface area (Å²) in [4.78, 5) is 10.8. The molecule has 0 spiro atoms. The zero-order valence-electron chi connectivity index (χ0n) is 11.4. The Morgan fingerprint density at radius 1 is 1.40 bits per heavy atom. The fraction of sp³-hybridized carbons (Fsp3) is 0.467. The van der Waals surface area contributed by atoms with E-state index in [2.05, 4.69) is 0 Å². The van der Waals surface area contributed by atoms with E-state index in [-0.39, 0.29) is 16.7 Å². The zero-order chi connectivity index (χ0) is 14.1. The van der Waals surface area contributed by atoms with Gasteiger partial charge < -0.3 is 9.47 Å². The van der Waals surface area contributed by atoms with Crippen LogP contribution in [0.5, 0.6) is 5.75 Å². The minimum Gasteiger partial charge on any atom is -0.483 e. The van der Waals surface area contributed by atoms with Gasteiger partial charge in [-0.15, -0.1) is 0 Å². The van der Waals surface area contributed by atoms with E-state index in [1.54, 1.807) is 6.07 Å². The Kier molecular flexibility index (Phi) is 3.44. The summed E-state index contributed by atoms with van der Waals surface area (Å²) in [6.45, 7) is 3.20. The van der Waals surface area contributed by atoms with Gasteiger partial charge in [-0.25, -0.2) is 0 Å². The second-order valence-electron chi connectivity index (χ2n) is 5.26.